The van der Waals surface area contributed by atoms with Crippen molar-refractivity contribution in [1.82, 2.24) is 13.6 Å². The second kappa shape index (κ2) is 4.95. The summed E-state index contributed by atoms with van der Waals surface area (Å²) in [6.07, 6.45) is 0. The van der Waals surface area contributed by atoms with Crippen LogP contribution in [0.1, 0.15) is 0 Å². The smallest absolute Gasteiger partial charge is 0.245 e. The summed E-state index contributed by atoms with van der Waals surface area (Å²) >= 11 is 0. The van der Waals surface area contributed by atoms with Gasteiger partial charge in [0.2, 0.25) is 0 Å². The van der Waals surface area contributed by atoms with Gasteiger partial charge in [0.15, 0.2) is 0 Å². The lowest BCUT2D eigenvalue weighted by atomic mass is 10.1. The molecule has 2 aromatic heterocycles. The Hall–Kier alpha value is -3.60. The van der Waals surface area contributed by atoms with E-state index in [1.165, 1.54) is 13.6 Å². The van der Waals surface area contributed by atoms with Gasteiger partial charge in [-0.3, -0.25) is 0 Å². The number of aromatic nitrogens is 3. The maximum absolute atomic E-state index is 13.1. The first-order chi connectivity index (χ1) is 12.3. The number of rotatable bonds is 1. The van der Waals surface area contributed by atoms with Crippen LogP contribution in [0.4, 0.5) is 0 Å². The van der Waals surface area contributed by atoms with Crippen LogP contribution in [0.15, 0.2) is 88.5 Å². The fourth-order valence-corrected chi connectivity index (χ4v) is 3.43. The predicted molar refractivity (Wildman–Crippen MR) is 97.7 cm³/mol. The van der Waals surface area contributed by atoms with E-state index in [4.69, 9.17) is 0 Å². The highest BCUT2D eigenvalue weighted by Crippen LogP contribution is 2.23. The predicted octanol–water partition coefficient (Wildman–Crippen LogP) is 2.86. The number of para-hydroxylation sites is 3. The molecule has 5 rings (SSSR count). The molecule has 5 heteroatoms. The largest absolute Gasteiger partial charge is 0.356 e. The van der Waals surface area contributed by atoms with Crippen molar-refractivity contribution in [2.75, 3.05) is 0 Å². The van der Waals surface area contributed by atoms with E-state index in [-0.39, 0.29) is 11.4 Å². The highest BCUT2D eigenvalue weighted by molar-refractivity contribution is 6.04. The monoisotopic (exact) mass is 327 g/mol. The van der Waals surface area contributed by atoms with E-state index < -0.39 is 0 Å². The van der Waals surface area contributed by atoms with Gasteiger partial charge in [-0.25, -0.2) is 14.2 Å². The van der Waals surface area contributed by atoms with Gasteiger partial charge in [-0.05, 0) is 24.3 Å². The van der Waals surface area contributed by atoms with Gasteiger partial charge in [-0.2, -0.15) is 9.03 Å². The van der Waals surface area contributed by atoms with Gasteiger partial charge in [0.1, 0.15) is 0 Å². The van der Waals surface area contributed by atoms with Gasteiger partial charge in [0.25, 0.3) is 0 Å². The Morgan fingerprint density at radius 3 is 1.48 bits per heavy atom. The summed E-state index contributed by atoms with van der Waals surface area (Å²) in [6, 6.07) is 24.2. The van der Waals surface area contributed by atoms with Crippen molar-refractivity contribution in [3.63, 3.8) is 0 Å². The van der Waals surface area contributed by atoms with E-state index in [1.54, 1.807) is 12.1 Å². The van der Waals surface area contributed by atoms with Gasteiger partial charge in [-0.1, -0.05) is 54.6 Å². The molecule has 0 aliphatic heterocycles. The van der Waals surface area contributed by atoms with E-state index in [0.29, 0.717) is 16.7 Å². The molecule has 0 amide bonds. The van der Waals surface area contributed by atoms with Gasteiger partial charge < -0.3 is 0 Å². The Morgan fingerprint density at radius 1 is 0.520 bits per heavy atom. The molecule has 2 heterocycles. The molecule has 0 saturated carbocycles. The first-order valence-electron chi connectivity index (χ1n) is 7.99. The van der Waals surface area contributed by atoms with Gasteiger partial charge in [-0.15, -0.1) is 0 Å². The van der Waals surface area contributed by atoms with E-state index in [2.05, 4.69) is 0 Å². The van der Waals surface area contributed by atoms with Crippen molar-refractivity contribution in [2.45, 2.75) is 0 Å². The van der Waals surface area contributed by atoms with Crippen molar-refractivity contribution >= 4 is 21.8 Å². The van der Waals surface area contributed by atoms with Gasteiger partial charge in [0, 0.05) is 10.8 Å². The van der Waals surface area contributed by atoms with Crippen LogP contribution < -0.4 is 11.4 Å². The minimum atomic E-state index is -0.377. The number of benzene rings is 3. The fraction of sp³-hybridized carbons (Fsp3) is 0. The minimum absolute atomic E-state index is 0.377. The second-order valence-corrected chi connectivity index (χ2v) is 5.89. The Bertz CT molecular complexity index is 1290. The standard InChI is InChI=1S/C20H13N3O2/c24-19-21(14-8-2-1-3-9-14)20(25)23-18-13-7-5-11-16(18)15-10-4-6-12-17(15)22(19)23/h1-13H. The van der Waals surface area contributed by atoms with Gasteiger partial charge >= 0.3 is 11.4 Å². The van der Waals surface area contributed by atoms with Crippen molar-refractivity contribution in [3.8, 4) is 5.69 Å². The summed E-state index contributed by atoms with van der Waals surface area (Å²) in [5.41, 5.74) is 1.22. The highest BCUT2D eigenvalue weighted by Gasteiger charge is 2.17. The van der Waals surface area contributed by atoms with Crippen LogP contribution in [0.5, 0.6) is 0 Å². The molecule has 0 aliphatic rings. The number of fused-ring (bicyclic) bond motifs is 6. The van der Waals surface area contributed by atoms with Crippen molar-refractivity contribution in [3.05, 3.63) is 99.8 Å². The topological polar surface area (TPSA) is 47.9 Å². The second-order valence-electron chi connectivity index (χ2n) is 5.89. The fourth-order valence-electron chi connectivity index (χ4n) is 3.43. The molecule has 5 nitrogen and oxygen atoms in total. The molecule has 0 unspecified atom stereocenters. The normalized spacial score (nSPS) is 11.5. The Morgan fingerprint density at radius 2 is 0.960 bits per heavy atom. The third kappa shape index (κ3) is 1.77. The SMILES string of the molecule is O=c1n(-c2ccccc2)c(=O)n2c3ccccc3c3ccccc3n12. The lowest BCUT2D eigenvalue weighted by molar-refractivity contribution is 0.838. The molecule has 5 aromatic rings. The maximum Gasteiger partial charge on any atom is 0.356 e. The average molecular weight is 327 g/mol. The van der Waals surface area contributed by atoms with Crippen LogP contribution >= 0.6 is 0 Å². The van der Waals surface area contributed by atoms with E-state index in [0.717, 1.165) is 10.8 Å². The summed E-state index contributed by atoms with van der Waals surface area (Å²) in [5, 5.41) is 1.87. The van der Waals surface area contributed by atoms with E-state index in [1.807, 2.05) is 66.7 Å². The molecule has 0 N–H and O–H groups in total. The summed E-state index contributed by atoms with van der Waals surface area (Å²) in [4.78, 5) is 26.2. The van der Waals surface area contributed by atoms with Crippen molar-refractivity contribution < 1.29 is 0 Å². The summed E-state index contributed by atoms with van der Waals surface area (Å²) < 4.78 is 4.11. The molecule has 0 saturated heterocycles. The Kier molecular flexibility index (Phi) is 2.73. The molecular formula is C20H13N3O2. The highest BCUT2D eigenvalue weighted by atomic mass is 16.2. The molecular weight excluding hydrogens is 314 g/mol. The first kappa shape index (κ1) is 13.8. The molecule has 0 radical (unpaired) electrons. The third-order valence-corrected chi connectivity index (χ3v) is 4.51. The van der Waals surface area contributed by atoms with E-state index >= 15 is 0 Å². The van der Waals surface area contributed by atoms with Crippen LogP contribution in [-0.4, -0.2) is 13.6 Å². The number of hydrogen-bond acceptors (Lipinski definition) is 2. The lowest BCUT2D eigenvalue weighted by Crippen LogP contribution is -2.25. The lowest BCUT2D eigenvalue weighted by Gasteiger charge is -2.07. The molecule has 0 aliphatic carbocycles. The summed E-state index contributed by atoms with van der Waals surface area (Å²) in [5.74, 6) is 0. The zero-order chi connectivity index (χ0) is 17.0. The quantitative estimate of drug-likeness (QED) is 0.445. The Balaban J connectivity index is 2.14. The zero-order valence-electron chi connectivity index (χ0n) is 13.2. The summed E-state index contributed by atoms with van der Waals surface area (Å²) in [7, 11) is 0. The van der Waals surface area contributed by atoms with Crippen molar-refractivity contribution in [2.24, 2.45) is 0 Å². The van der Waals surface area contributed by atoms with Crippen molar-refractivity contribution in [1.29, 1.82) is 0 Å². The average Bonchev–Trinajstić information content (AvgIpc) is 2.94. The van der Waals surface area contributed by atoms with Gasteiger partial charge in [0.05, 0.1) is 16.7 Å². The van der Waals surface area contributed by atoms with E-state index in [9.17, 15) is 9.59 Å². The molecule has 0 atom stereocenters. The molecule has 120 valence electrons. The number of nitrogens with zero attached hydrogens (tertiary/aromatic N) is 3. The molecule has 25 heavy (non-hydrogen) atoms. The summed E-state index contributed by atoms with van der Waals surface area (Å²) in [6.45, 7) is 0. The molecule has 0 bridgehead atoms. The van der Waals surface area contributed by atoms with Crippen LogP contribution in [-0.2, 0) is 0 Å². The van der Waals surface area contributed by atoms with Crippen LogP contribution in [0, 0.1) is 0 Å². The van der Waals surface area contributed by atoms with Crippen LogP contribution in [0.25, 0.3) is 27.5 Å². The van der Waals surface area contributed by atoms with Crippen LogP contribution in [0.2, 0.25) is 0 Å². The third-order valence-electron chi connectivity index (χ3n) is 4.51. The molecule has 3 aromatic carbocycles. The number of hydrogen-bond donors (Lipinski definition) is 0. The zero-order valence-corrected chi connectivity index (χ0v) is 13.2. The Labute approximate surface area is 141 Å². The van der Waals surface area contributed by atoms with Crippen LogP contribution in [0.3, 0.4) is 0 Å². The molecule has 0 spiro atoms. The minimum Gasteiger partial charge on any atom is -0.245 e. The first-order valence-corrected chi connectivity index (χ1v) is 7.99. The maximum atomic E-state index is 13.1. The molecule has 0 fully saturated rings.